The molecule has 0 bridgehead atoms. The van der Waals surface area contributed by atoms with E-state index in [-0.39, 0.29) is 22.5 Å². The Bertz CT molecular complexity index is 846. The van der Waals surface area contributed by atoms with Crippen LogP contribution in [-0.2, 0) is 6.18 Å². The monoisotopic (exact) mass is 444 g/mol. The normalized spacial score (nSPS) is 30.7. The van der Waals surface area contributed by atoms with E-state index in [1.54, 1.807) is 0 Å². The SMILES string of the molecule is NC[C@@H]1CCCN1C1C(C2=CCNC2)CNC(c2ccc(Cl)c(C(F)(F)F)c2)[N+]1=O. The van der Waals surface area contributed by atoms with E-state index in [9.17, 15) is 18.1 Å². The van der Waals surface area contributed by atoms with E-state index >= 15 is 0 Å². The quantitative estimate of drug-likeness (QED) is 0.492. The molecule has 0 aliphatic carbocycles. The Morgan fingerprint density at radius 1 is 1.33 bits per heavy atom. The van der Waals surface area contributed by atoms with Gasteiger partial charge in [-0.25, -0.2) is 4.90 Å². The number of benzene rings is 1. The van der Waals surface area contributed by atoms with E-state index < -0.39 is 24.1 Å². The molecule has 4 rings (SSSR count). The summed E-state index contributed by atoms with van der Waals surface area (Å²) in [6.07, 6.45) is -1.99. The third-order valence-corrected chi connectivity index (χ3v) is 6.70. The van der Waals surface area contributed by atoms with Crippen molar-refractivity contribution in [3.8, 4) is 0 Å². The van der Waals surface area contributed by atoms with Crippen LogP contribution in [0.15, 0.2) is 29.8 Å². The Kier molecular flexibility index (Phi) is 6.18. The van der Waals surface area contributed by atoms with Gasteiger partial charge in [-0.05, 0) is 36.6 Å². The van der Waals surface area contributed by atoms with Gasteiger partial charge in [0.05, 0.1) is 16.5 Å². The molecule has 4 atom stereocenters. The summed E-state index contributed by atoms with van der Waals surface area (Å²) >= 11 is 5.77. The summed E-state index contributed by atoms with van der Waals surface area (Å²) in [4.78, 5) is 15.7. The highest BCUT2D eigenvalue weighted by Crippen LogP contribution is 2.38. The van der Waals surface area contributed by atoms with E-state index in [0.717, 1.165) is 42.3 Å². The third kappa shape index (κ3) is 4.01. The van der Waals surface area contributed by atoms with Crippen molar-refractivity contribution in [1.82, 2.24) is 15.5 Å². The molecule has 3 aliphatic heterocycles. The number of hydrogen-bond donors (Lipinski definition) is 3. The number of halogens is 4. The van der Waals surface area contributed by atoms with Crippen LogP contribution in [0, 0.1) is 10.8 Å². The summed E-state index contributed by atoms with van der Waals surface area (Å²) in [7, 11) is 0. The lowest BCUT2D eigenvalue weighted by atomic mass is 9.91. The fourth-order valence-electron chi connectivity index (χ4n) is 4.89. The molecule has 4 N–H and O–H groups in total. The van der Waals surface area contributed by atoms with E-state index in [2.05, 4.69) is 21.6 Å². The number of nitrogens with two attached hydrogens (primary N) is 1. The van der Waals surface area contributed by atoms with Crippen molar-refractivity contribution < 1.29 is 17.9 Å². The zero-order valence-electron chi connectivity index (χ0n) is 16.5. The Labute approximate surface area is 178 Å². The highest BCUT2D eigenvalue weighted by molar-refractivity contribution is 6.31. The summed E-state index contributed by atoms with van der Waals surface area (Å²) in [5.41, 5.74) is 6.44. The molecule has 0 spiro atoms. The molecule has 3 aliphatic rings. The van der Waals surface area contributed by atoms with Gasteiger partial charge in [-0.2, -0.15) is 13.2 Å². The van der Waals surface area contributed by atoms with Gasteiger partial charge in [0.1, 0.15) is 0 Å². The van der Waals surface area contributed by atoms with E-state index in [4.69, 9.17) is 17.3 Å². The second kappa shape index (κ2) is 8.55. The largest absolute Gasteiger partial charge is 0.417 e. The fraction of sp³-hybridized carbons (Fsp3) is 0.600. The van der Waals surface area contributed by atoms with Gasteiger partial charge in [0, 0.05) is 54.0 Å². The van der Waals surface area contributed by atoms with Crippen molar-refractivity contribution in [2.45, 2.75) is 37.4 Å². The maximum Gasteiger partial charge on any atom is 0.417 e. The maximum absolute atomic E-state index is 13.6. The van der Waals surface area contributed by atoms with Gasteiger partial charge in [-0.3, -0.25) is 5.32 Å². The highest BCUT2D eigenvalue weighted by atomic mass is 35.5. The van der Waals surface area contributed by atoms with Crippen molar-refractivity contribution in [1.29, 1.82) is 0 Å². The number of hydrogen-bond acceptors (Lipinski definition) is 5. The maximum atomic E-state index is 13.6. The molecule has 6 nitrogen and oxygen atoms in total. The molecular weight excluding hydrogens is 419 g/mol. The molecule has 3 unspecified atom stereocenters. The van der Waals surface area contributed by atoms with Gasteiger partial charge < -0.3 is 11.1 Å². The average molecular weight is 445 g/mol. The van der Waals surface area contributed by atoms with Crippen molar-refractivity contribution >= 4 is 11.6 Å². The predicted octanol–water partition coefficient (Wildman–Crippen LogP) is 2.63. The van der Waals surface area contributed by atoms with Gasteiger partial charge in [0.25, 0.3) is 12.3 Å². The zero-order chi connectivity index (χ0) is 21.5. The van der Waals surface area contributed by atoms with Crippen LogP contribution in [0.1, 0.15) is 30.1 Å². The molecular formula is C20H26ClF3N5O+. The van der Waals surface area contributed by atoms with Crippen LogP contribution in [0.4, 0.5) is 13.2 Å². The number of rotatable bonds is 4. The van der Waals surface area contributed by atoms with Crippen LogP contribution in [-0.4, -0.2) is 54.6 Å². The molecule has 0 aromatic heterocycles. The Morgan fingerprint density at radius 3 is 2.80 bits per heavy atom. The number of nitrogens with zero attached hydrogens (tertiary/aromatic N) is 2. The first kappa shape index (κ1) is 21.7. The fourth-order valence-corrected chi connectivity index (χ4v) is 5.12. The molecule has 30 heavy (non-hydrogen) atoms. The Morgan fingerprint density at radius 2 is 2.13 bits per heavy atom. The third-order valence-electron chi connectivity index (χ3n) is 6.37. The number of likely N-dealkylation sites (tertiary alicyclic amines) is 1. The lowest BCUT2D eigenvalue weighted by Gasteiger charge is -2.37. The first-order chi connectivity index (χ1) is 14.3. The van der Waals surface area contributed by atoms with Crippen molar-refractivity contribution in [2.75, 3.05) is 32.7 Å². The number of nitrogens with one attached hydrogen (secondary N) is 2. The Balaban J connectivity index is 1.68. The summed E-state index contributed by atoms with van der Waals surface area (Å²) in [6, 6.07) is 3.76. The lowest BCUT2D eigenvalue weighted by molar-refractivity contribution is -0.669. The lowest BCUT2D eigenvalue weighted by Crippen LogP contribution is -2.60. The molecule has 164 valence electrons. The van der Waals surface area contributed by atoms with Crippen LogP contribution in [0.3, 0.4) is 0 Å². The van der Waals surface area contributed by atoms with Crippen molar-refractivity contribution in [3.63, 3.8) is 0 Å². The molecule has 0 amide bonds. The van der Waals surface area contributed by atoms with E-state index in [1.165, 1.54) is 12.1 Å². The van der Waals surface area contributed by atoms with Gasteiger partial charge in [0.15, 0.2) is 0 Å². The zero-order valence-corrected chi connectivity index (χ0v) is 17.2. The molecule has 1 aromatic rings. The van der Waals surface area contributed by atoms with Crippen molar-refractivity contribution in [2.24, 2.45) is 11.7 Å². The second-order valence-electron chi connectivity index (χ2n) is 8.11. The summed E-state index contributed by atoms with van der Waals surface area (Å²) in [6.45, 7) is 3.17. The van der Waals surface area contributed by atoms with Gasteiger partial charge in [-0.1, -0.05) is 17.7 Å². The molecule has 3 heterocycles. The average Bonchev–Trinajstić information content (AvgIpc) is 3.39. The second-order valence-corrected chi connectivity index (χ2v) is 8.51. The summed E-state index contributed by atoms with van der Waals surface area (Å²) in [5, 5.41) is 6.07. The first-order valence-electron chi connectivity index (χ1n) is 10.2. The van der Waals surface area contributed by atoms with Crippen LogP contribution >= 0.6 is 11.6 Å². The summed E-state index contributed by atoms with van der Waals surface area (Å²) in [5.74, 6) is -0.0599. The molecule has 2 fully saturated rings. The van der Waals surface area contributed by atoms with E-state index in [1.807, 2.05) is 0 Å². The predicted molar refractivity (Wildman–Crippen MR) is 108 cm³/mol. The minimum atomic E-state index is -4.59. The molecule has 0 radical (unpaired) electrons. The minimum absolute atomic E-state index is 0.0599. The van der Waals surface area contributed by atoms with Crippen LogP contribution in [0.5, 0.6) is 0 Å². The smallest absolute Gasteiger partial charge is 0.329 e. The van der Waals surface area contributed by atoms with Crippen LogP contribution in [0.25, 0.3) is 0 Å². The van der Waals surface area contributed by atoms with Gasteiger partial charge in [-0.15, -0.1) is 0 Å². The van der Waals surface area contributed by atoms with E-state index in [0.29, 0.717) is 19.6 Å². The molecule has 1 aromatic carbocycles. The van der Waals surface area contributed by atoms with Gasteiger partial charge >= 0.3 is 6.18 Å². The number of alkyl halides is 3. The summed E-state index contributed by atoms with van der Waals surface area (Å²) < 4.78 is 41.0. The molecule has 0 saturated carbocycles. The minimum Gasteiger partial charge on any atom is -0.329 e. The van der Waals surface area contributed by atoms with Crippen LogP contribution < -0.4 is 16.4 Å². The molecule has 2 saturated heterocycles. The van der Waals surface area contributed by atoms with Crippen molar-refractivity contribution in [3.05, 3.63) is 50.9 Å². The molecule has 10 heteroatoms. The Hall–Kier alpha value is -1.52. The highest BCUT2D eigenvalue weighted by Gasteiger charge is 2.52. The topological polar surface area (TPSA) is 73.4 Å². The van der Waals surface area contributed by atoms with Crippen LogP contribution in [0.2, 0.25) is 5.02 Å². The van der Waals surface area contributed by atoms with Gasteiger partial charge in [0.2, 0.25) is 0 Å². The first-order valence-corrected chi connectivity index (χ1v) is 10.6. The number of nitroso groups, excluding NO2 is 1. The standard InChI is InChI=1S/C20H26ClF3N5O/c21-17-4-3-12(8-16(17)20(22,23)24)18-27-11-15(13-5-6-26-10-13)19(29(18)30)28-7-1-2-14(28)9-25/h3-5,8,14-15,18-19,26-27H,1-2,6-7,9-11,25H2/q+1/t14-,15?,18?,19?/m0/s1.